The van der Waals surface area contributed by atoms with Crippen LogP contribution in [-0.4, -0.2) is 289 Å². The molecule has 21 N–H and O–H groups in total. The van der Waals surface area contributed by atoms with Gasteiger partial charge < -0.3 is 139 Å². The lowest BCUT2D eigenvalue weighted by atomic mass is 9.97. The quantitative estimate of drug-likeness (QED) is 0.00949. The molecule has 33 nitrogen and oxygen atoms in total. The predicted molar refractivity (Wildman–Crippen MR) is 294 cm³/mol. The van der Waals surface area contributed by atoms with Gasteiger partial charge in [-0.3, -0.25) is 14.4 Å². The van der Waals surface area contributed by atoms with Crippen molar-refractivity contribution in [2.75, 3.05) is 66.3 Å². The van der Waals surface area contributed by atoms with Gasteiger partial charge in [0.1, 0.15) is 12.8 Å². The minimum absolute atomic E-state index is 0.0704. The van der Waals surface area contributed by atoms with Crippen molar-refractivity contribution in [3.05, 3.63) is 35.4 Å². The highest BCUT2D eigenvalue weighted by Gasteiger charge is 2.31. The van der Waals surface area contributed by atoms with Gasteiger partial charge in [-0.25, -0.2) is 4.79 Å². The lowest BCUT2D eigenvalue weighted by Gasteiger charge is -2.19. The Bertz CT molecular complexity index is 2090. The first-order valence-corrected chi connectivity index (χ1v) is 37.4. The Morgan fingerprint density at radius 1 is 0.506 bits per heavy atom. The fourth-order valence-electron chi connectivity index (χ4n) is 4.00. The first-order chi connectivity index (χ1) is 48.1. The average Bonchev–Trinajstić information content (AvgIpc) is 0.927. The summed E-state index contributed by atoms with van der Waals surface area (Å²) in [6, 6.07) is 8.40. The fraction of sp³-hybridized carbons (Fsp3) is 0.756. The van der Waals surface area contributed by atoms with E-state index in [9.17, 15) is 19.2 Å². The van der Waals surface area contributed by atoms with E-state index in [1.54, 1.807) is 20.8 Å². The van der Waals surface area contributed by atoms with Gasteiger partial charge in [0.25, 0.3) is 6.47 Å². The molecule has 0 amide bonds. The Balaban J connectivity index is -0.000000264. The molecule has 1 aromatic rings. The number of methoxy groups -OCH3 is 2. The second-order valence-corrected chi connectivity index (χ2v) is 31.2. The van der Waals surface area contributed by atoms with E-state index in [0.717, 1.165) is 11.1 Å². The van der Waals surface area contributed by atoms with Crippen LogP contribution in [-0.2, 0) is 63.7 Å². The maximum absolute atomic E-state index is 11.4. The average molecular weight is 1350 g/mol. The van der Waals surface area contributed by atoms with E-state index in [4.69, 9.17) is 49.0 Å². The summed E-state index contributed by atoms with van der Waals surface area (Å²) in [5.74, 6) is -1.48. The van der Waals surface area contributed by atoms with Crippen molar-refractivity contribution in [3.63, 3.8) is 0 Å². The highest BCUT2D eigenvalue weighted by molar-refractivity contribution is 6.58. The van der Waals surface area contributed by atoms with Crippen LogP contribution in [0.1, 0.15) is 91.7 Å². The SMILES string of the molecule is [3H]O[Si](CCCOC(=O)C(C)(C)C)(O[3H])O[3H].[3H]O[Si](CCCOC(C)(C)C)(O[3H])O[3H].[3H]O[Si](CCCOC(C)=O)(O[3H])O[3H].[3H]O[Si](CCCOC)(O[3H])O[3H].[3H]O[Si](CCCOC=O)(O[3H])O[3H].[3H]O[Si](COC(=O)COC)(O[3H])O[3H].[3H]O[Si](COCc1ccc(C)cc1)(O[3H])O[3H]. The minimum Gasteiger partial charge on any atom is -0.468 e. The van der Waals surface area contributed by atoms with Gasteiger partial charge >= 0.3 is 79.5 Å². The predicted octanol–water partition coefficient (Wildman–Crippen LogP) is -6.15. The molecule has 0 atom stereocenters. The third-order valence-corrected chi connectivity index (χ3v) is 13.4. The van der Waals surface area contributed by atoms with Gasteiger partial charge in [0.05, 0.1) is 37.4 Å². The van der Waals surface area contributed by atoms with Crippen molar-refractivity contribution in [2.24, 2.45) is 5.41 Å². The van der Waals surface area contributed by atoms with E-state index in [2.05, 4.69) is 120 Å². The first-order valence-electron chi connectivity index (χ1n) is 32.4. The lowest BCUT2D eigenvalue weighted by Crippen LogP contribution is -2.42. The van der Waals surface area contributed by atoms with E-state index in [1.165, 1.54) is 21.1 Å². The second kappa shape index (κ2) is 46.9. The molecule has 0 heterocycles. The Hall–Kier alpha value is -2.38. The van der Waals surface area contributed by atoms with Gasteiger partial charge in [-0.1, -0.05) is 29.8 Å². The van der Waals surface area contributed by atoms with Crippen LogP contribution in [0.5, 0.6) is 0 Å². The number of hydrogen-bond donors (Lipinski definition) is 21. The number of rotatable bonds is 50. The molecule has 0 aliphatic heterocycles. The molecular weight excluding hydrogens is 1220 g/mol. The van der Waals surface area contributed by atoms with E-state index in [0.29, 0.717) is 45.3 Å². The van der Waals surface area contributed by atoms with Gasteiger partial charge in [-0.15, -0.1) is 0 Å². The highest BCUT2D eigenvalue weighted by Crippen LogP contribution is 2.16. The normalized spacial score (nSPS) is 15.4. The van der Waals surface area contributed by atoms with Crippen molar-refractivity contribution < 1.29 is 158 Å². The summed E-state index contributed by atoms with van der Waals surface area (Å²) in [5, 5.41) is 0. The first kappa shape index (κ1) is 54.0. The van der Waals surface area contributed by atoms with E-state index < -0.39 is 85.2 Å². The molecule has 1 aromatic carbocycles. The molecule has 0 radical (unpaired) electrons. The van der Waals surface area contributed by atoms with Gasteiger partial charge in [-0.2, -0.15) is 0 Å². The molecule has 0 bridgehead atoms. The molecule has 484 valence electrons. The minimum atomic E-state index is -3.81. The van der Waals surface area contributed by atoms with Crippen LogP contribution in [0.25, 0.3) is 0 Å². The number of carbonyl (C=O) groups is 4. The third kappa shape index (κ3) is 97.1. The van der Waals surface area contributed by atoms with Crippen LogP contribution in [0.2, 0.25) is 30.2 Å². The number of ether oxygens (including phenoxy) is 8. The Labute approximate surface area is 510 Å². The maximum Gasteiger partial charge on any atom is 0.532 e. The summed E-state index contributed by atoms with van der Waals surface area (Å²) >= 11 is 0. The zero-order valence-electron chi connectivity index (χ0n) is 67.8. The summed E-state index contributed by atoms with van der Waals surface area (Å²) in [4.78, 5) is 128. The summed E-state index contributed by atoms with van der Waals surface area (Å²) < 4.78 is 177. The topological polar surface area (TPSA) is 567 Å². The van der Waals surface area contributed by atoms with Crippen LogP contribution in [0, 0.1) is 12.3 Å². The van der Waals surface area contributed by atoms with Gasteiger partial charge in [0, 0.05) is 64.6 Å². The molecule has 0 saturated heterocycles. The highest BCUT2D eigenvalue weighted by atomic mass is 28.4. The van der Waals surface area contributed by atoms with Crippen LogP contribution in [0.15, 0.2) is 24.3 Å². The fourth-order valence-corrected chi connectivity index (χ4v) is 7.58. The van der Waals surface area contributed by atoms with E-state index in [-0.39, 0.29) is 87.5 Å². The van der Waals surface area contributed by atoms with Gasteiger partial charge in [-0.05, 0) is 86.1 Å². The van der Waals surface area contributed by atoms with Crippen molar-refractivity contribution in [1.82, 2.24) is 0 Å². The van der Waals surface area contributed by atoms with Crippen molar-refractivity contribution >= 4 is 86.0 Å². The zero-order valence-corrected chi connectivity index (χ0v) is 53.8. The van der Waals surface area contributed by atoms with Gasteiger partial charge in [0.2, 0.25) is 0 Å². The zero-order chi connectivity index (χ0) is 79.9. The summed E-state index contributed by atoms with van der Waals surface area (Å²) in [6.07, 6.45) is 1.23. The number of hydrogen-bond acceptors (Lipinski definition) is 33. The summed E-state index contributed by atoms with van der Waals surface area (Å²) in [5.41, 5.74) is 1.29. The van der Waals surface area contributed by atoms with Crippen LogP contribution in [0.3, 0.4) is 0 Å². The Morgan fingerprint density at radius 2 is 0.889 bits per heavy atom. The lowest BCUT2D eigenvalue weighted by molar-refractivity contribution is -0.153. The summed E-state index contributed by atoms with van der Waals surface area (Å²) in [6.45, 7) is 15.8. The number of aryl methyl sites for hydroxylation is 1. The number of benzene rings is 1. The monoisotopic (exact) mass is 1350 g/mol. The molecule has 40 heteroatoms. The Kier molecular flexibility index (Phi) is 31.3. The smallest absolute Gasteiger partial charge is 0.468 e. The van der Waals surface area contributed by atoms with Gasteiger partial charge in [0.15, 0.2) is 36.3 Å². The van der Waals surface area contributed by atoms with Crippen molar-refractivity contribution in [3.8, 4) is 0 Å². The standard InChI is InChI=1S/C9H14O4Si.C8H18O5Si.C7H18O4Si.C5H12O5Si.C4H10O6Si.C4H10O5Si.C4H12O4Si/c1-8-2-4-9(5-3-8)6-13-7-14(10,11)12;1-8(2,3)7(9)13-5-4-6-14(10,11)12;1-7(2,3)11-5-4-6-12(8,9)10;1-5(6)10-3-2-4-11(7,8)9;1-9-2-4(5)10-3-11(6,7)8;5-4-9-2-1-3-10(6,7)8;1-8-3-2-4-9(5,6)7/h2-5,10-12H,6-7H2,1H3;10-12H,4-6H2,1-3H3;8-10H,4-6H2,1-3H3;7-9H,2-4H2,1H3;6-8H,2-3H2,1H3;4,6-8H,1-3H2;5-7H,2-4H2,1H3/i2*10T,11T,12T;8T,9T,10T;7T,8T,9T;2*6T,7T,8T;5T,6T,7T. The molecule has 81 heavy (non-hydrogen) atoms. The Morgan fingerprint density at radius 3 is 1.25 bits per heavy atom. The third-order valence-electron chi connectivity index (χ3n) is 7.55. The van der Waals surface area contributed by atoms with E-state index in [1.807, 2.05) is 52.0 Å². The van der Waals surface area contributed by atoms with Crippen LogP contribution < -0.4 is 0 Å². The maximum atomic E-state index is 11.4. The molecule has 1 rings (SSSR count). The van der Waals surface area contributed by atoms with Crippen LogP contribution in [0.4, 0.5) is 0 Å². The van der Waals surface area contributed by atoms with Crippen LogP contribution >= 0.6 is 0 Å². The molecule has 0 aliphatic carbocycles. The molecule has 0 aromatic heterocycles. The second-order valence-electron chi connectivity index (χ2n) is 18.5. The number of esters is 3. The van der Waals surface area contributed by atoms with Crippen molar-refractivity contribution in [2.45, 2.75) is 130 Å². The molecule has 0 saturated carbocycles. The van der Waals surface area contributed by atoms with E-state index >= 15 is 0 Å². The molecule has 0 aliphatic rings. The molecule has 0 fully saturated rings. The summed E-state index contributed by atoms with van der Waals surface area (Å²) in [7, 11) is -21.8. The number of carbonyl (C=O) groups excluding carboxylic acids is 4. The largest absolute Gasteiger partial charge is 0.532 e. The molecule has 0 spiro atoms. The molecular formula is C41H94O33Si7. The molecule has 0 unspecified atom stereocenters. The van der Waals surface area contributed by atoms with Crippen molar-refractivity contribution in [1.29, 1.82) is 30.1 Å².